The summed E-state index contributed by atoms with van der Waals surface area (Å²) in [6.45, 7) is 3.51. The number of hydrogen-bond donors (Lipinski definition) is 0. The normalized spacial score (nSPS) is 13.6. The third-order valence-electron chi connectivity index (χ3n) is 4.65. The number of amides is 1. The standard InChI is InChI=1S/C19H18ClN3O3S/c1-2-26-19(25)22-8-7-13-15(10-22)27-17-16(13)18(24)23(11-21-17)9-12-5-3-4-6-14(12)20/h3-6,11H,2,7-10H2,1H3. The Morgan fingerprint density at radius 1 is 1.37 bits per heavy atom. The van der Waals surface area contributed by atoms with E-state index in [9.17, 15) is 9.59 Å². The van der Waals surface area contributed by atoms with Crippen molar-refractivity contribution in [2.75, 3.05) is 13.2 Å². The lowest BCUT2D eigenvalue weighted by molar-refractivity contribution is 0.103. The number of aromatic nitrogens is 2. The number of ether oxygens (including phenoxy) is 1. The molecule has 3 aromatic rings. The zero-order chi connectivity index (χ0) is 19.0. The van der Waals surface area contributed by atoms with Crippen LogP contribution < -0.4 is 5.56 Å². The van der Waals surface area contributed by atoms with Gasteiger partial charge in [0, 0.05) is 16.4 Å². The van der Waals surface area contributed by atoms with Gasteiger partial charge in [0.1, 0.15) is 4.83 Å². The first kappa shape index (κ1) is 18.0. The van der Waals surface area contributed by atoms with Crippen molar-refractivity contribution in [1.82, 2.24) is 14.5 Å². The number of carbonyl (C=O) groups is 1. The number of thiophene rings is 1. The van der Waals surface area contributed by atoms with Gasteiger partial charge in [-0.15, -0.1) is 11.3 Å². The van der Waals surface area contributed by atoms with Gasteiger partial charge in [0.05, 0.1) is 31.4 Å². The first-order valence-corrected chi connectivity index (χ1v) is 9.92. The molecule has 0 saturated carbocycles. The molecule has 1 amide bonds. The predicted molar refractivity (Wildman–Crippen MR) is 106 cm³/mol. The van der Waals surface area contributed by atoms with Crippen molar-refractivity contribution in [2.24, 2.45) is 0 Å². The molecule has 4 rings (SSSR count). The van der Waals surface area contributed by atoms with Crippen LogP contribution in [0.2, 0.25) is 5.02 Å². The third-order valence-corrected chi connectivity index (χ3v) is 6.15. The van der Waals surface area contributed by atoms with Gasteiger partial charge in [-0.1, -0.05) is 29.8 Å². The van der Waals surface area contributed by atoms with Gasteiger partial charge in [0.2, 0.25) is 0 Å². The van der Waals surface area contributed by atoms with Crippen LogP contribution in [0, 0.1) is 0 Å². The Morgan fingerprint density at radius 3 is 2.96 bits per heavy atom. The van der Waals surface area contributed by atoms with Gasteiger partial charge < -0.3 is 9.64 Å². The molecule has 1 aromatic carbocycles. The van der Waals surface area contributed by atoms with Gasteiger partial charge in [0.25, 0.3) is 5.56 Å². The van der Waals surface area contributed by atoms with Crippen molar-refractivity contribution >= 4 is 39.2 Å². The van der Waals surface area contributed by atoms with E-state index in [2.05, 4.69) is 4.98 Å². The molecule has 3 heterocycles. The van der Waals surface area contributed by atoms with Crippen LogP contribution in [-0.2, 0) is 24.2 Å². The number of carbonyl (C=O) groups excluding carboxylic acids is 1. The molecule has 8 heteroatoms. The van der Waals surface area contributed by atoms with Crippen molar-refractivity contribution in [2.45, 2.75) is 26.4 Å². The zero-order valence-electron chi connectivity index (χ0n) is 14.8. The van der Waals surface area contributed by atoms with Crippen LogP contribution in [0.4, 0.5) is 4.79 Å². The Morgan fingerprint density at radius 2 is 2.19 bits per heavy atom. The molecule has 1 aliphatic rings. The van der Waals surface area contributed by atoms with Crippen LogP contribution in [0.1, 0.15) is 22.9 Å². The van der Waals surface area contributed by atoms with Crippen LogP contribution in [-0.4, -0.2) is 33.7 Å². The van der Waals surface area contributed by atoms with Crippen molar-refractivity contribution in [1.29, 1.82) is 0 Å². The molecule has 0 radical (unpaired) electrons. The summed E-state index contributed by atoms with van der Waals surface area (Å²) in [7, 11) is 0. The highest BCUT2D eigenvalue weighted by Crippen LogP contribution is 2.32. The summed E-state index contributed by atoms with van der Waals surface area (Å²) >= 11 is 7.70. The van der Waals surface area contributed by atoms with Crippen LogP contribution in [0.25, 0.3) is 10.2 Å². The second-order valence-corrected chi connectivity index (χ2v) is 7.81. The zero-order valence-corrected chi connectivity index (χ0v) is 16.3. The maximum absolute atomic E-state index is 13.1. The molecule has 0 fully saturated rings. The summed E-state index contributed by atoms with van der Waals surface area (Å²) in [5, 5.41) is 1.29. The molecular formula is C19H18ClN3O3S. The topological polar surface area (TPSA) is 64.4 Å². The van der Waals surface area contributed by atoms with Gasteiger partial charge in [-0.2, -0.15) is 0 Å². The van der Waals surface area contributed by atoms with E-state index in [0.717, 1.165) is 16.0 Å². The van der Waals surface area contributed by atoms with E-state index in [1.165, 1.54) is 11.3 Å². The Kier molecular flexibility index (Phi) is 4.88. The second-order valence-electron chi connectivity index (χ2n) is 6.32. The van der Waals surface area contributed by atoms with Gasteiger partial charge in [0.15, 0.2) is 0 Å². The third kappa shape index (κ3) is 3.33. The highest BCUT2D eigenvalue weighted by Gasteiger charge is 2.27. The fourth-order valence-corrected chi connectivity index (χ4v) is 4.70. The van der Waals surface area contributed by atoms with E-state index in [0.29, 0.717) is 47.9 Å². The fraction of sp³-hybridized carbons (Fsp3) is 0.316. The van der Waals surface area contributed by atoms with E-state index < -0.39 is 0 Å². The quantitative estimate of drug-likeness (QED) is 0.669. The van der Waals surface area contributed by atoms with Gasteiger partial charge in [-0.3, -0.25) is 9.36 Å². The fourth-order valence-electron chi connectivity index (χ4n) is 3.31. The molecule has 27 heavy (non-hydrogen) atoms. The molecule has 0 atom stereocenters. The first-order valence-electron chi connectivity index (χ1n) is 8.73. The summed E-state index contributed by atoms with van der Waals surface area (Å²) in [6.07, 6.45) is 1.88. The van der Waals surface area contributed by atoms with E-state index >= 15 is 0 Å². The molecule has 0 N–H and O–H groups in total. The number of rotatable bonds is 3. The van der Waals surface area contributed by atoms with E-state index in [1.54, 1.807) is 22.7 Å². The lowest BCUT2D eigenvalue weighted by Gasteiger charge is -2.25. The molecule has 0 unspecified atom stereocenters. The van der Waals surface area contributed by atoms with Gasteiger partial charge in [-0.05, 0) is 30.5 Å². The van der Waals surface area contributed by atoms with Crippen molar-refractivity contribution in [3.63, 3.8) is 0 Å². The number of halogens is 1. The average Bonchev–Trinajstić information content (AvgIpc) is 3.04. The number of benzene rings is 1. The number of nitrogens with zero attached hydrogens (tertiary/aromatic N) is 3. The lowest BCUT2D eigenvalue weighted by Crippen LogP contribution is -2.36. The van der Waals surface area contributed by atoms with E-state index in [4.69, 9.17) is 16.3 Å². The highest BCUT2D eigenvalue weighted by atomic mass is 35.5. The molecule has 0 aliphatic carbocycles. The minimum Gasteiger partial charge on any atom is -0.450 e. The number of fused-ring (bicyclic) bond motifs is 3. The second kappa shape index (κ2) is 7.32. The minimum atomic E-state index is -0.315. The molecule has 6 nitrogen and oxygen atoms in total. The number of hydrogen-bond acceptors (Lipinski definition) is 5. The predicted octanol–water partition coefficient (Wildman–Crippen LogP) is 3.67. The Hall–Kier alpha value is -2.38. The largest absolute Gasteiger partial charge is 0.450 e. The van der Waals surface area contributed by atoms with Crippen LogP contribution in [0.3, 0.4) is 0 Å². The summed E-state index contributed by atoms with van der Waals surface area (Å²) < 4.78 is 6.68. The Balaban J connectivity index is 1.70. The summed E-state index contributed by atoms with van der Waals surface area (Å²) in [6, 6.07) is 7.47. The molecule has 0 bridgehead atoms. The molecule has 1 aliphatic heterocycles. The Bertz CT molecular complexity index is 1080. The molecule has 0 saturated heterocycles. The maximum atomic E-state index is 13.1. The maximum Gasteiger partial charge on any atom is 0.410 e. The van der Waals surface area contributed by atoms with Crippen LogP contribution in [0.5, 0.6) is 0 Å². The molecule has 0 spiro atoms. The smallest absolute Gasteiger partial charge is 0.410 e. The van der Waals surface area contributed by atoms with E-state index in [-0.39, 0.29) is 11.7 Å². The molecule has 140 valence electrons. The van der Waals surface area contributed by atoms with Crippen molar-refractivity contribution in [3.8, 4) is 0 Å². The van der Waals surface area contributed by atoms with Crippen molar-refractivity contribution in [3.05, 3.63) is 62.0 Å². The average molecular weight is 404 g/mol. The summed E-state index contributed by atoms with van der Waals surface area (Å²) in [5.41, 5.74) is 1.81. The van der Waals surface area contributed by atoms with Crippen LogP contribution in [0.15, 0.2) is 35.4 Å². The lowest BCUT2D eigenvalue weighted by atomic mass is 10.1. The van der Waals surface area contributed by atoms with Gasteiger partial charge in [-0.25, -0.2) is 9.78 Å². The monoisotopic (exact) mass is 403 g/mol. The highest BCUT2D eigenvalue weighted by molar-refractivity contribution is 7.18. The van der Waals surface area contributed by atoms with E-state index in [1.807, 2.05) is 24.3 Å². The van der Waals surface area contributed by atoms with Crippen LogP contribution >= 0.6 is 22.9 Å². The Labute approximate surface area is 165 Å². The summed E-state index contributed by atoms with van der Waals surface area (Å²) in [5.74, 6) is 0. The summed E-state index contributed by atoms with van der Waals surface area (Å²) in [4.78, 5) is 32.9. The SMILES string of the molecule is CCOC(=O)N1CCc2c(sc3ncn(Cc4ccccc4Cl)c(=O)c23)C1. The first-order chi connectivity index (χ1) is 13.1. The van der Waals surface area contributed by atoms with Gasteiger partial charge >= 0.3 is 6.09 Å². The molecule has 2 aromatic heterocycles. The van der Waals surface area contributed by atoms with Crippen molar-refractivity contribution < 1.29 is 9.53 Å². The molecular weight excluding hydrogens is 386 g/mol. The minimum absolute atomic E-state index is 0.0676.